The van der Waals surface area contributed by atoms with Crippen LogP contribution < -0.4 is 0 Å². The van der Waals surface area contributed by atoms with Crippen molar-refractivity contribution in [1.82, 2.24) is 0 Å². The molecule has 4 aromatic carbocycles. The van der Waals surface area contributed by atoms with Gasteiger partial charge in [-0.2, -0.15) is 0 Å². The van der Waals surface area contributed by atoms with Gasteiger partial charge in [0.2, 0.25) is 0 Å². The second kappa shape index (κ2) is 6.21. The van der Waals surface area contributed by atoms with Gasteiger partial charge >= 0.3 is 0 Å². The van der Waals surface area contributed by atoms with Crippen molar-refractivity contribution < 1.29 is 0 Å². The standard InChI is InChI=1S/C26H14S2/c1-3-13-23-19(9-1)21-11-5-7-17(25(21)27-23)15-16-18-8-6-12-22-20-10-2-4-14-24(20)28-26(18)22/h1-14H. The molecule has 2 aromatic heterocycles. The molecular weight excluding hydrogens is 376 g/mol. The van der Waals surface area contributed by atoms with Gasteiger partial charge in [-0.15, -0.1) is 22.7 Å². The van der Waals surface area contributed by atoms with Crippen molar-refractivity contribution >= 4 is 63.0 Å². The quantitative estimate of drug-likeness (QED) is 0.232. The number of fused-ring (bicyclic) bond motifs is 6. The van der Waals surface area contributed by atoms with E-state index in [2.05, 4.69) is 96.8 Å². The number of hydrogen-bond donors (Lipinski definition) is 0. The zero-order valence-electron chi connectivity index (χ0n) is 14.9. The van der Waals surface area contributed by atoms with Crippen LogP contribution in [-0.2, 0) is 0 Å². The van der Waals surface area contributed by atoms with Crippen LogP contribution in [0.15, 0.2) is 84.9 Å². The number of benzene rings is 4. The Balaban J connectivity index is 1.57. The Morgan fingerprint density at radius 1 is 0.429 bits per heavy atom. The second-order valence-electron chi connectivity index (χ2n) is 6.81. The summed E-state index contributed by atoms with van der Waals surface area (Å²) in [4.78, 5) is 0. The van der Waals surface area contributed by atoms with Gasteiger partial charge in [-0.05, 0) is 24.3 Å². The zero-order chi connectivity index (χ0) is 18.5. The second-order valence-corrected chi connectivity index (χ2v) is 8.92. The zero-order valence-corrected chi connectivity index (χ0v) is 16.5. The number of rotatable bonds is 0. The maximum absolute atomic E-state index is 3.47. The fourth-order valence-electron chi connectivity index (χ4n) is 3.83. The summed E-state index contributed by atoms with van der Waals surface area (Å²) in [6.45, 7) is 0. The highest BCUT2D eigenvalue weighted by Gasteiger charge is 2.08. The van der Waals surface area contributed by atoms with E-state index in [0.29, 0.717) is 0 Å². The third-order valence-electron chi connectivity index (χ3n) is 5.14. The molecule has 28 heavy (non-hydrogen) atoms. The summed E-state index contributed by atoms with van der Waals surface area (Å²) in [6, 6.07) is 30.1. The molecule has 2 heterocycles. The Morgan fingerprint density at radius 3 is 1.36 bits per heavy atom. The summed E-state index contributed by atoms with van der Waals surface area (Å²) in [5, 5.41) is 5.23. The number of hydrogen-bond acceptors (Lipinski definition) is 2. The van der Waals surface area contributed by atoms with E-state index in [9.17, 15) is 0 Å². The van der Waals surface area contributed by atoms with Crippen LogP contribution >= 0.6 is 22.7 Å². The average Bonchev–Trinajstić information content (AvgIpc) is 3.31. The molecule has 0 radical (unpaired) electrons. The highest BCUT2D eigenvalue weighted by Crippen LogP contribution is 2.37. The molecule has 0 bridgehead atoms. The van der Waals surface area contributed by atoms with Crippen molar-refractivity contribution in [2.75, 3.05) is 0 Å². The normalized spacial score (nSPS) is 11.3. The Labute approximate surface area is 170 Å². The van der Waals surface area contributed by atoms with Crippen molar-refractivity contribution in [3.8, 4) is 11.8 Å². The lowest BCUT2D eigenvalue weighted by Gasteiger charge is -1.96. The van der Waals surface area contributed by atoms with Crippen LogP contribution in [0.5, 0.6) is 0 Å². The van der Waals surface area contributed by atoms with Gasteiger partial charge < -0.3 is 0 Å². The van der Waals surface area contributed by atoms with E-state index in [1.165, 1.54) is 40.3 Å². The lowest BCUT2D eigenvalue weighted by molar-refractivity contribution is 1.75. The molecule has 0 fully saturated rings. The minimum Gasteiger partial charge on any atom is -0.134 e. The molecular formula is C26H14S2. The predicted octanol–water partition coefficient (Wildman–Crippen LogP) is 7.82. The summed E-state index contributed by atoms with van der Waals surface area (Å²) < 4.78 is 5.19. The topological polar surface area (TPSA) is 0 Å². The van der Waals surface area contributed by atoms with Gasteiger partial charge in [-0.25, -0.2) is 0 Å². The minimum atomic E-state index is 1.11. The third-order valence-corrected chi connectivity index (χ3v) is 7.58. The van der Waals surface area contributed by atoms with Crippen molar-refractivity contribution in [3.63, 3.8) is 0 Å². The predicted molar refractivity (Wildman–Crippen MR) is 125 cm³/mol. The van der Waals surface area contributed by atoms with E-state index in [1.54, 1.807) is 0 Å². The summed E-state index contributed by atoms with van der Waals surface area (Å²) >= 11 is 3.66. The molecule has 6 aromatic rings. The summed E-state index contributed by atoms with van der Waals surface area (Å²) in [6.07, 6.45) is 0. The van der Waals surface area contributed by atoms with Crippen molar-refractivity contribution in [1.29, 1.82) is 0 Å². The van der Waals surface area contributed by atoms with Gasteiger partial charge in [0.25, 0.3) is 0 Å². The molecule has 130 valence electrons. The van der Waals surface area contributed by atoms with E-state index >= 15 is 0 Å². The van der Waals surface area contributed by atoms with E-state index in [1.807, 2.05) is 22.7 Å². The Bertz CT molecular complexity index is 1450. The first kappa shape index (κ1) is 15.9. The van der Waals surface area contributed by atoms with E-state index in [0.717, 1.165) is 11.1 Å². The molecule has 0 saturated carbocycles. The lowest BCUT2D eigenvalue weighted by atomic mass is 10.1. The Morgan fingerprint density at radius 2 is 0.857 bits per heavy atom. The molecule has 0 aliphatic rings. The number of thiophene rings is 2. The average molecular weight is 391 g/mol. The molecule has 0 aliphatic carbocycles. The maximum Gasteiger partial charge on any atom is 0.0512 e. The largest absolute Gasteiger partial charge is 0.134 e. The minimum absolute atomic E-state index is 1.11. The first-order valence-electron chi connectivity index (χ1n) is 9.21. The van der Waals surface area contributed by atoms with Crippen LogP contribution in [-0.4, -0.2) is 0 Å². The molecule has 0 N–H and O–H groups in total. The first-order chi connectivity index (χ1) is 13.9. The monoisotopic (exact) mass is 390 g/mol. The smallest absolute Gasteiger partial charge is 0.0512 e. The highest BCUT2D eigenvalue weighted by atomic mass is 32.1. The van der Waals surface area contributed by atoms with Crippen LogP contribution in [0.2, 0.25) is 0 Å². The van der Waals surface area contributed by atoms with Gasteiger partial charge in [0.1, 0.15) is 0 Å². The molecule has 0 aliphatic heterocycles. The summed E-state index contributed by atoms with van der Waals surface area (Å²) in [5.74, 6) is 6.94. The Hall–Kier alpha value is -3.12. The van der Waals surface area contributed by atoms with Gasteiger partial charge in [0.15, 0.2) is 0 Å². The first-order valence-corrected chi connectivity index (χ1v) is 10.8. The van der Waals surface area contributed by atoms with Crippen LogP contribution in [0.4, 0.5) is 0 Å². The summed E-state index contributed by atoms with van der Waals surface area (Å²) in [7, 11) is 0. The van der Waals surface area contributed by atoms with Crippen LogP contribution in [0, 0.1) is 11.8 Å². The van der Waals surface area contributed by atoms with Gasteiger partial charge in [-0.1, -0.05) is 72.5 Å². The molecule has 6 rings (SSSR count). The third kappa shape index (κ3) is 2.38. The van der Waals surface area contributed by atoms with Gasteiger partial charge in [-0.3, -0.25) is 0 Å². The molecule has 0 saturated heterocycles. The van der Waals surface area contributed by atoms with E-state index in [-0.39, 0.29) is 0 Å². The Kier molecular flexibility index (Phi) is 3.52. The van der Waals surface area contributed by atoms with Crippen LogP contribution in [0.25, 0.3) is 40.3 Å². The maximum atomic E-state index is 3.47. The molecule has 2 heteroatoms. The SMILES string of the molecule is C(#Cc1cccc2c1sc1ccccc12)c1cccc2c1sc1ccccc12. The molecule has 0 unspecified atom stereocenters. The summed E-state index contributed by atoms with van der Waals surface area (Å²) in [5.41, 5.74) is 2.22. The molecule has 0 atom stereocenters. The molecule has 0 amide bonds. The fourth-order valence-corrected chi connectivity index (χ4v) is 6.17. The van der Waals surface area contributed by atoms with Crippen LogP contribution in [0.3, 0.4) is 0 Å². The van der Waals surface area contributed by atoms with E-state index < -0.39 is 0 Å². The van der Waals surface area contributed by atoms with Crippen molar-refractivity contribution in [2.45, 2.75) is 0 Å². The van der Waals surface area contributed by atoms with E-state index in [4.69, 9.17) is 0 Å². The van der Waals surface area contributed by atoms with Crippen molar-refractivity contribution in [3.05, 3.63) is 96.1 Å². The van der Waals surface area contributed by atoms with Crippen molar-refractivity contribution in [2.24, 2.45) is 0 Å². The van der Waals surface area contributed by atoms with Gasteiger partial charge in [0.05, 0.1) is 9.40 Å². The lowest BCUT2D eigenvalue weighted by Crippen LogP contribution is -1.77. The molecule has 0 spiro atoms. The highest BCUT2D eigenvalue weighted by molar-refractivity contribution is 7.26. The molecule has 0 nitrogen and oxygen atoms in total. The van der Waals surface area contributed by atoms with Gasteiger partial charge in [0, 0.05) is 42.1 Å². The van der Waals surface area contributed by atoms with Crippen LogP contribution in [0.1, 0.15) is 11.1 Å². The fraction of sp³-hybridized carbons (Fsp3) is 0.